The minimum Gasteiger partial charge on any atom is -0.478 e. The van der Waals surface area contributed by atoms with Crippen molar-refractivity contribution in [3.05, 3.63) is 64.8 Å². The summed E-state index contributed by atoms with van der Waals surface area (Å²) in [6.45, 7) is 13.4. The molecule has 2 nitrogen and oxygen atoms in total. The van der Waals surface area contributed by atoms with E-state index in [0.29, 0.717) is 5.57 Å². The number of aliphatic carboxylic acids is 1. The van der Waals surface area contributed by atoms with Gasteiger partial charge in [0.05, 0.1) is 0 Å². The molecule has 0 saturated carbocycles. The molecule has 0 aliphatic carbocycles. The maximum absolute atomic E-state index is 11.1. The molecule has 1 aromatic rings. The number of carboxylic acid groups (broad SMARTS) is 1. The van der Waals surface area contributed by atoms with Crippen molar-refractivity contribution in [1.29, 1.82) is 0 Å². The van der Waals surface area contributed by atoms with Gasteiger partial charge in [0.2, 0.25) is 0 Å². The highest BCUT2D eigenvalue weighted by molar-refractivity contribution is 5.92. The van der Waals surface area contributed by atoms with Crippen molar-refractivity contribution in [2.45, 2.75) is 33.6 Å². The predicted octanol–water partition coefficient (Wildman–Crippen LogP) is 4.41. The molecule has 2 heteroatoms. The Balaban J connectivity index is 3.38. The van der Waals surface area contributed by atoms with E-state index >= 15 is 0 Å². The lowest BCUT2D eigenvalue weighted by atomic mass is 9.92. The summed E-state index contributed by atoms with van der Waals surface area (Å²) in [4.78, 5) is 11.1. The van der Waals surface area contributed by atoms with E-state index in [1.54, 1.807) is 13.0 Å². The van der Waals surface area contributed by atoms with Crippen LogP contribution in [0.4, 0.5) is 0 Å². The van der Waals surface area contributed by atoms with Gasteiger partial charge >= 0.3 is 5.97 Å². The summed E-state index contributed by atoms with van der Waals surface area (Å²) >= 11 is 0. The lowest BCUT2D eigenvalue weighted by molar-refractivity contribution is -0.132. The first kappa shape index (κ1) is 16.0. The Hall–Kier alpha value is -2.09. The van der Waals surface area contributed by atoms with E-state index in [9.17, 15) is 4.79 Å². The van der Waals surface area contributed by atoms with E-state index in [1.807, 2.05) is 32.0 Å². The van der Waals surface area contributed by atoms with Crippen LogP contribution >= 0.6 is 0 Å². The molecule has 20 heavy (non-hydrogen) atoms. The van der Waals surface area contributed by atoms with Crippen LogP contribution in [-0.4, -0.2) is 11.1 Å². The quantitative estimate of drug-likeness (QED) is 0.614. The molecule has 1 aromatic carbocycles. The summed E-state index contributed by atoms with van der Waals surface area (Å²) in [5.74, 6) is -0.892. The molecule has 0 unspecified atom stereocenters. The highest BCUT2D eigenvalue weighted by atomic mass is 16.4. The molecule has 0 fully saturated rings. The SMILES string of the molecule is C=C(C)Cc1cccc(CC(=C)C)c1/C=C(\C)C(=O)O. The van der Waals surface area contributed by atoms with Crippen LogP contribution in [0.15, 0.2) is 48.1 Å². The summed E-state index contributed by atoms with van der Waals surface area (Å²) < 4.78 is 0. The van der Waals surface area contributed by atoms with Gasteiger partial charge in [0, 0.05) is 5.57 Å². The standard InChI is InChI=1S/C18H22O2/c1-12(2)9-15-7-6-8-16(10-13(3)4)17(15)11-14(5)18(19)20/h6-8,11H,1,3,9-10H2,2,4-5H3,(H,19,20)/b14-11+. The van der Waals surface area contributed by atoms with E-state index in [1.165, 1.54) is 0 Å². The molecule has 0 radical (unpaired) electrons. The van der Waals surface area contributed by atoms with Crippen molar-refractivity contribution >= 4 is 12.0 Å². The Kier molecular flexibility index (Phi) is 5.51. The molecule has 0 amide bonds. The second-order valence-corrected chi connectivity index (χ2v) is 5.39. The Morgan fingerprint density at radius 1 is 1.10 bits per heavy atom. The van der Waals surface area contributed by atoms with E-state index in [-0.39, 0.29) is 0 Å². The average Bonchev–Trinajstić information content (AvgIpc) is 2.31. The highest BCUT2D eigenvalue weighted by Crippen LogP contribution is 2.23. The average molecular weight is 270 g/mol. The van der Waals surface area contributed by atoms with E-state index < -0.39 is 5.97 Å². The maximum atomic E-state index is 11.1. The lowest BCUT2D eigenvalue weighted by Crippen LogP contribution is -2.01. The molecule has 0 aliphatic rings. The van der Waals surface area contributed by atoms with Crippen molar-refractivity contribution < 1.29 is 9.90 Å². The number of carboxylic acids is 1. The molecule has 0 spiro atoms. The summed E-state index contributed by atoms with van der Waals surface area (Å²) in [5.41, 5.74) is 5.65. The third-order valence-corrected chi connectivity index (χ3v) is 2.97. The van der Waals surface area contributed by atoms with Gasteiger partial charge in [-0.3, -0.25) is 0 Å². The molecule has 0 atom stereocenters. The third kappa shape index (κ3) is 4.54. The van der Waals surface area contributed by atoms with Gasteiger partial charge in [0.15, 0.2) is 0 Å². The molecule has 0 aromatic heterocycles. The Labute approximate surface area is 121 Å². The Morgan fingerprint density at radius 3 is 1.90 bits per heavy atom. The van der Waals surface area contributed by atoms with Gasteiger partial charge in [-0.25, -0.2) is 4.79 Å². The monoisotopic (exact) mass is 270 g/mol. The largest absolute Gasteiger partial charge is 0.478 e. The summed E-state index contributed by atoms with van der Waals surface area (Å²) in [5, 5.41) is 9.09. The van der Waals surface area contributed by atoms with Gasteiger partial charge in [0.25, 0.3) is 0 Å². The van der Waals surface area contributed by atoms with Gasteiger partial charge < -0.3 is 5.11 Å². The van der Waals surface area contributed by atoms with Gasteiger partial charge in [-0.1, -0.05) is 42.5 Å². The van der Waals surface area contributed by atoms with Crippen molar-refractivity contribution in [2.75, 3.05) is 0 Å². The predicted molar refractivity (Wildman–Crippen MR) is 84.8 cm³/mol. The zero-order valence-corrected chi connectivity index (χ0v) is 12.5. The number of hydrogen-bond donors (Lipinski definition) is 1. The normalized spacial score (nSPS) is 11.2. The van der Waals surface area contributed by atoms with Crippen LogP contribution < -0.4 is 0 Å². The zero-order valence-electron chi connectivity index (χ0n) is 12.5. The summed E-state index contributed by atoms with van der Waals surface area (Å²) in [6.07, 6.45) is 3.25. The number of carbonyl (C=O) groups is 1. The van der Waals surface area contributed by atoms with Gasteiger partial charge in [0.1, 0.15) is 0 Å². The smallest absolute Gasteiger partial charge is 0.331 e. The van der Waals surface area contributed by atoms with Crippen LogP contribution in [0.2, 0.25) is 0 Å². The summed E-state index contributed by atoms with van der Waals surface area (Å²) in [6, 6.07) is 6.05. The molecular weight excluding hydrogens is 248 g/mol. The number of benzene rings is 1. The second-order valence-electron chi connectivity index (χ2n) is 5.39. The van der Waals surface area contributed by atoms with Gasteiger partial charge in [-0.15, -0.1) is 0 Å². The fourth-order valence-electron chi connectivity index (χ4n) is 2.09. The molecule has 1 rings (SSSR count). The first-order valence-electron chi connectivity index (χ1n) is 6.62. The van der Waals surface area contributed by atoms with Crippen molar-refractivity contribution in [3.63, 3.8) is 0 Å². The number of hydrogen-bond acceptors (Lipinski definition) is 1. The van der Waals surface area contributed by atoms with Crippen LogP contribution in [0.5, 0.6) is 0 Å². The van der Waals surface area contributed by atoms with Crippen LogP contribution in [0, 0.1) is 0 Å². The third-order valence-electron chi connectivity index (χ3n) is 2.97. The summed E-state index contributed by atoms with van der Waals surface area (Å²) in [7, 11) is 0. The first-order chi connectivity index (χ1) is 9.31. The number of allylic oxidation sites excluding steroid dienone is 2. The minimum absolute atomic E-state index is 0.335. The first-order valence-corrected chi connectivity index (χ1v) is 6.62. The van der Waals surface area contributed by atoms with E-state index in [4.69, 9.17) is 5.11 Å². The highest BCUT2D eigenvalue weighted by Gasteiger charge is 2.09. The molecule has 106 valence electrons. The zero-order chi connectivity index (χ0) is 15.3. The molecule has 0 heterocycles. The van der Waals surface area contributed by atoms with Crippen molar-refractivity contribution in [1.82, 2.24) is 0 Å². The Morgan fingerprint density at radius 2 is 1.55 bits per heavy atom. The van der Waals surface area contributed by atoms with Gasteiger partial charge in [-0.05, 0) is 56.4 Å². The van der Waals surface area contributed by atoms with Crippen LogP contribution in [-0.2, 0) is 17.6 Å². The van der Waals surface area contributed by atoms with Crippen molar-refractivity contribution in [2.24, 2.45) is 0 Å². The lowest BCUT2D eigenvalue weighted by Gasteiger charge is -2.13. The van der Waals surface area contributed by atoms with Crippen LogP contribution in [0.1, 0.15) is 37.5 Å². The van der Waals surface area contributed by atoms with Gasteiger partial charge in [-0.2, -0.15) is 0 Å². The second kappa shape index (κ2) is 6.90. The minimum atomic E-state index is -0.892. The Bertz CT molecular complexity index is 543. The van der Waals surface area contributed by atoms with Crippen molar-refractivity contribution in [3.8, 4) is 0 Å². The maximum Gasteiger partial charge on any atom is 0.331 e. The van der Waals surface area contributed by atoms with E-state index in [0.717, 1.165) is 40.7 Å². The topological polar surface area (TPSA) is 37.3 Å². The number of rotatable bonds is 6. The molecule has 0 bridgehead atoms. The van der Waals surface area contributed by atoms with E-state index in [2.05, 4.69) is 13.2 Å². The van der Waals surface area contributed by atoms with Crippen LogP contribution in [0.25, 0.3) is 6.08 Å². The molecule has 0 saturated heterocycles. The molecule has 0 aliphatic heterocycles. The molecule has 1 N–H and O–H groups in total. The fourth-order valence-corrected chi connectivity index (χ4v) is 2.09. The molecular formula is C18H22O2. The fraction of sp³-hybridized carbons (Fsp3) is 0.278. The van der Waals surface area contributed by atoms with Crippen LogP contribution in [0.3, 0.4) is 0 Å².